The third-order valence-corrected chi connectivity index (χ3v) is 0.641. The van der Waals surface area contributed by atoms with E-state index in [1.165, 1.54) is 19.4 Å². The molecule has 0 unspecified atom stereocenters. The first-order valence-corrected chi connectivity index (χ1v) is 2.37. The summed E-state index contributed by atoms with van der Waals surface area (Å²) >= 11 is 0. The van der Waals surface area contributed by atoms with Crippen molar-refractivity contribution in [3.8, 4) is 6.08 Å². The van der Waals surface area contributed by atoms with Crippen LogP contribution in [0.25, 0.3) is 0 Å². The summed E-state index contributed by atoms with van der Waals surface area (Å²) < 4.78 is 9.03. The molecule has 48 valence electrons. The molecule has 0 atom stereocenters. The van der Waals surface area contributed by atoms with Gasteiger partial charge in [0, 0.05) is 6.92 Å². The molecule has 0 aromatic carbocycles. The van der Waals surface area contributed by atoms with Gasteiger partial charge in [0.05, 0.1) is 6.20 Å². The smallest absolute Gasteiger partial charge is 0.401 e. The van der Waals surface area contributed by atoms with E-state index < -0.39 is 5.97 Å². The summed E-state index contributed by atoms with van der Waals surface area (Å²) in [5, 5.41) is 0. The van der Waals surface area contributed by atoms with Gasteiger partial charge in [-0.15, -0.1) is 0 Å². The Morgan fingerprint density at radius 3 is 3.11 bits per heavy atom. The van der Waals surface area contributed by atoms with Crippen LogP contribution in [0.3, 0.4) is 0 Å². The zero-order valence-electron chi connectivity index (χ0n) is 4.83. The molecule has 0 aliphatic heterocycles. The lowest BCUT2D eigenvalue weighted by molar-refractivity contribution is -0.133. The molecule has 0 radical (unpaired) electrons. The summed E-state index contributed by atoms with van der Waals surface area (Å²) in [4.78, 5) is 13.7. The summed E-state index contributed by atoms with van der Waals surface area (Å²) in [5.41, 5.74) is 0. The normalized spacial score (nSPS) is 9.00. The maximum absolute atomic E-state index is 10.2. The number of nitrogens with zero attached hydrogens (tertiary/aromatic N) is 1. The molecule has 1 heterocycles. The third-order valence-electron chi connectivity index (χ3n) is 0.641. The van der Waals surface area contributed by atoms with Crippen molar-refractivity contribution in [2.24, 2.45) is 0 Å². The number of rotatable bonds is 1. The van der Waals surface area contributed by atoms with Gasteiger partial charge in [0.2, 0.25) is 0 Å². The van der Waals surface area contributed by atoms with Crippen LogP contribution in [0.2, 0.25) is 0 Å². The molecule has 0 amide bonds. The topological polar surface area (TPSA) is 52.3 Å². The van der Waals surface area contributed by atoms with Crippen molar-refractivity contribution in [2.75, 3.05) is 0 Å². The Morgan fingerprint density at radius 2 is 2.67 bits per heavy atom. The fraction of sp³-hybridized carbons (Fsp3) is 0.200. The quantitative estimate of drug-likeness (QED) is 0.518. The molecule has 0 aliphatic carbocycles. The molecule has 0 bridgehead atoms. The maximum Gasteiger partial charge on any atom is 0.401 e. The first-order valence-electron chi connectivity index (χ1n) is 2.37. The number of esters is 1. The first-order chi connectivity index (χ1) is 4.29. The lowest BCUT2D eigenvalue weighted by Crippen LogP contribution is -2.00. The minimum Gasteiger partial charge on any atom is -0.417 e. The molecule has 4 heteroatoms. The zero-order valence-corrected chi connectivity index (χ0v) is 4.83. The number of carbonyl (C=O) groups is 1. The van der Waals surface area contributed by atoms with Crippen LogP contribution in [0.1, 0.15) is 6.92 Å². The highest BCUT2D eigenvalue weighted by atomic mass is 16.6. The molecule has 0 N–H and O–H groups in total. The van der Waals surface area contributed by atoms with Gasteiger partial charge in [0.15, 0.2) is 0 Å². The van der Waals surface area contributed by atoms with E-state index in [0.717, 1.165) is 0 Å². The predicted molar refractivity (Wildman–Crippen MR) is 27.8 cm³/mol. The van der Waals surface area contributed by atoms with Gasteiger partial charge in [0.1, 0.15) is 6.26 Å². The second-order valence-electron chi connectivity index (χ2n) is 1.39. The van der Waals surface area contributed by atoms with Crippen LogP contribution in [0.4, 0.5) is 0 Å². The standard InChI is InChI=1S/C5H5NO3/c1-4(7)9-5-6-2-3-8-5/h2-3H,1H3. The number of hydrogen-bond donors (Lipinski definition) is 0. The third kappa shape index (κ3) is 1.56. The van der Waals surface area contributed by atoms with Gasteiger partial charge in [0.25, 0.3) is 0 Å². The van der Waals surface area contributed by atoms with Crippen LogP contribution < -0.4 is 4.74 Å². The molecule has 0 spiro atoms. The minimum absolute atomic E-state index is 0.0116. The molecule has 0 fully saturated rings. The van der Waals surface area contributed by atoms with Crippen LogP contribution >= 0.6 is 0 Å². The van der Waals surface area contributed by atoms with Gasteiger partial charge < -0.3 is 9.15 Å². The van der Waals surface area contributed by atoms with Crippen molar-refractivity contribution < 1.29 is 13.9 Å². The van der Waals surface area contributed by atoms with Crippen LogP contribution in [-0.2, 0) is 4.79 Å². The molecule has 0 aliphatic rings. The van der Waals surface area contributed by atoms with Crippen molar-refractivity contribution in [2.45, 2.75) is 6.92 Å². The van der Waals surface area contributed by atoms with Crippen molar-refractivity contribution >= 4 is 5.97 Å². The Hall–Kier alpha value is -1.32. The van der Waals surface area contributed by atoms with Gasteiger partial charge in [-0.1, -0.05) is 0 Å². The van der Waals surface area contributed by atoms with Crippen LogP contribution in [-0.4, -0.2) is 11.0 Å². The highest BCUT2D eigenvalue weighted by molar-refractivity contribution is 5.67. The maximum atomic E-state index is 10.2. The molecule has 0 saturated carbocycles. The van der Waals surface area contributed by atoms with E-state index in [4.69, 9.17) is 0 Å². The van der Waals surface area contributed by atoms with E-state index >= 15 is 0 Å². The highest BCUT2D eigenvalue weighted by Gasteiger charge is 1.99. The Morgan fingerprint density at radius 1 is 1.89 bits per heavy atom. The second-order valence-corrected chi connectivity index (χ2v) is 1.39. The summed E-state index contributed by atoms with van der Waals surface area (Å²) in [6.07, 6.45) is 2.72. The number of carbonyl (C=O) groups excluding carboxylic acids is 1. The number of ether oxygens (including phenoxy) is 1. The summed E-state index contributed by atoms with van der Waals surface area (Å²) in [5.74, 6) is -0.433. The molecule has 9 heavy (non-hydrogen) atoms. The summed E-state index contributed by atoms with van der Waals surface area (Å²) in [6.45, 7) is 1.28. The number of oxazole rings is 1. The van der Waals surface area contributed by atoms with E-state index in [2.05, 4.69) is 14.1 Å². The SMILES string of the molecule is CC(=O)Oc1ncco1. The van der Waals surface area contributed by atoms with Crippen molar-refractivity contribution in [3.63, 3.8) is 0 Å². The second kappa shape index (κ2) is 2.30. The van der Waals surface area contributed by atoms with Gasteiger partial charge in [-0.05, 0) is 0 Å². The lowest BCUT2D eigenvalue weighted by atomic mass is 10.8. The predicted octanol–water partition coefficient (Wildman–Crippen LogP) is 0.600. The van der Waals surface area contributed by atoms with Gasteiger partial charge in [-0.25, -0.2) is 0 Å². The highest BCUT2D eigenvalue weighted by Crippen LogP contribution is 2.03. The summed E-state index contributed by atoms with van der Waals surface area (Å²) in [7, 11) is 0. The fourth-order valence-corrected chi connectivity index (χ4v) is 0.384. The van der Waals surface area contributed by atoms with Crippen LogP contribution in [0, 0.1) is 0 Å². The minimum atomic E-state index is -0.433. The first kappa shape index (κ1) is 5.81. The molecule has 0 saturated heterocycles. The van der Waals surface area contributed by atoms with Gasteiger partial charge in [-0.2, -0.15) is 4.98 Å². The van der Waals surface area contributed by atoms with E-state index in [1.807, 2.05) is 0 Å². The van der Waals surface area contributed by atoms with E-state index in [1.54, 1.807) is 0 Å². The average Bonchev–Trinajstić information content (AvgIpc) is 2.15. The van der Waals surface area contributed by atoms with Gasteiger partial charge in [-0.3, -0.25) is 4.79 Å². The average molecular weight is 127 g/mol. The molecular weight excluding hydrogens is 122 g/mol. The lowest BCUT2D eigenvalue weighted by Gasteiger charge is -1.88. The molecule has 4 nitrogen and oxygen atoms in total. The van der Waals surface area contributed by atoms with Crippen molar-refractivity contribution in [1.82, 2.24) is 4.98 Å². The molecule has 1 aromatic heterocycles. The molecule has 1 rings (SSSR count). The molecule has 1 aromatic rings. The molecular formula is C5H5NO3. The van der Waals surface area contributed by atoms with Crippen molar-refractivity contribution in [3.05, 3.63) is 12.5 Å². The Balaban J connectivity index is 2.58. The Labute approximate surface area is 51.5 Å². The van der Waals surface area contributed by atoms with Gasteiger partial charge >= 0.3 is 12.0 Å². The zero-order chi connectivity index (χ0) is 6.69. The number of aromatic nitrogens is 1. The largest absolute Gasteiger partial charge is 0.417 e. The van der Waals surface area contributed by atoms with E-state index in [0.29, 0.717) is 0 Å². The Kier molecular flexibility index (Phi) is 1.48. The van der Waals surface area contributed by atoms with Crippen molar-refractivity contribution in [1.29, 1.82) is 0 Å². The van der Waals surface area contributed by atoms with E-state index in [-0.39, 0.29) is 6.08 Å². The fourth-order valence-electron chi connectivity index (χ4n) is 0.384. The number of hydrogen-bond acceptors (Lipinski definition) is 4. The van der Waals surface area contributed by atoms with Crippen LogP contribution in [0.5, 0.6) is 6.08 Å². The van der Waals surface area contributed by atoms with Crippen LogP contribution in [0.15, 0.2) is 16.9 Å². The summed E-state index contributed by atoms with van der Waals surface area (Å²) in [6, 6.07) is 0. The van der Waals surface area contributed by atoms with E-state index in [9.17, 15) is 4.79 Å². The Bertz CT molecular complexity index is 192. The monoisotopic (exact) mass is 127 g/mol.